The van der Waals surface area contributed by atoms with Crippen LogP contribution in [0.2, 0.25) is 0 Å². The fourth-order valence-corrected chi connectivity index (χ4v) is 3.50. The first kappa shape index (κ1) is 14.1. The Morgan fingerprint density at radius 1 is 1.38 bits per heavy atom. The summed E-state index contributed by atoms with van der Waals surface area (Å²) in [6, 6.07) is 5.16. The van der Waals surface area contributed by atoms with Crippen LogP contribution in [0.1, 0.15) is 22.6 Å². The molecule has 1 aromatic carbocycles. The van der Waals surface area contributed by atoms with Crippen molar-refractivity contribution in [1.82, 2.24) is 9.88 Å². The zero-order valence-corrected chi connectivity index (χ0v) is 12.8. The Bertz CT molecular complexity index is 761. The number of fused-ring (bicyclic) bond motifs is 1. The molecule has 0 atom stereocenters. The predicted molar refractivity (Wildman–Crippen MR) is 78.6 cm³/mol. The number of nitrogens with one attached hydrogen (secondary N) is 2. The summed E-state index contributed by atoms with van der Waals surface area (Å²) in [6.07, 6.45) is 0.850. The summed E-state index contributed by atoms with van der Waals surface area (Å²) in [5.41, 5.74) is 3.53. The lowest BCUT2D eigenvalue weighted by Gasteiger charge is -2.08. The Morgan fingerprint density at radius 2 is 2.19 bits per heavy atom. The van der Waals surface area contributed by atoms with E-state index in [9.17, 15) is 8.42 Å². The summed E-state index contributed by atoms with van der Waals surface area (Å²) in [7, 11) is -3.54. The molecule has 7 heteroatoms. The highest BCUT2D eigenvalue weighted by atomic mass is 32.2. The van der Waals surface area contributed by atoms with Crippen molar-refractivity contribution < 1.29 is 12.9 Å². The fourth-order valence-electron chi connectivity index (χ4n) is 2.45. The zero-order chi connectivity index (χ0) is 15.0. The average molecular weight is 307 g/mol. The second kappa shape index (κ2) is 5.16. The number of sulfonamides is 1. The lowest BCUT2D eigenvalue weighted by Crippen LogP contribution is -2.23. The highest BCUT2D eigenvalue weighted by Gasteiger charge is 2.19. The van der Waals surface area contributed by atoms with E-state index in [-0.39, 0.29) is 11.4 Å². The van der Waals surface area contributed by atoms with Crippen LogP contribution in [-0.2, 0) is 23.0 Å². The van der Waals surface area contributed by atoms with Crippen molar-refractivity contribution in [2.45, 2.75) is 31.7 Å². The number of benzene rings is 1. The third-order valence-electron chi connectivity index (χ3n) is 3.72. The second-order valence-electron chi connectivity index (χ2n) is 5.12. The molecule has 6 nitrogen and oxygen atoms in total. The van der Waals surface area contributed by atoms with Gasteiger partial charge in [-0.05, 0) is 44.0 Å². The molecule has 21 heavy (non-hydrogen) atoms. The molecular formula is C14H17N3O3S. The Balaban J connectivity index is 1.81. The molecule has 2 heterocycles. The van der Waals surface area contributed by atoms with Gasteiger partial charge in [0.1, 0.15) is 5.76 Å². The van der Waals surface area contributed by atoms with Crippen molar-refractivity contribution in [3.8, 4) is 0 Å². The molecule has 3 rings (SSSR count). The number of hydrogen-bond donors (Lipinski definition) is 2. The number of aromatic nitrogens is 1. The largest absolute Gasteiger partial charge is 0.384 e. The van der Waals surface area contributed by atoms with Gasteiger partial charge in [0.05, 0.1) is 10.6 Å². The van der Waals surface area contributed by atoms with Crippen LogP contribution in [0.25, 0.3) is 0 Å². The summed E-state index contributed by atoms with van der Waals surface area (Å²) in [5, 5.41) is 7.03. The fraction of sp³-hybridized carbons (Fsp3) is 0.357. The van der Waals surface area contributed by atoms with Gasteiger partial charge in [0, 0.05) is 24.3 Å². The average Bonchev–Trinajstić information content (AvgIpc) is 3.03. The van der Waals surface area contributed by atoms with Gasteiger partial charge in [-0.1, -0.05) is 5.16 Å². The molecule has 1 aliphatic heterocycles. The standard InChI is InChI=1S/C14H17N3O3S/c1-9-13(10(2)20-17-9)8-16-21(18,19)12-3-4-14-11(7-12)5-6-15-14/h3-4,7,15-16H,5-6,8H2,1-2H3. The van der Waals surface area contributed by atoms with Crippen LogP contribution in [0.5, 0.6) is 0 Å². The van der Waals surface area contributed by atoms with Crippen LogP contribution in [0.3, 0.4) is 0 Å². The summed E-state index contributed by atoms with van der Waals surface area (Å²) in [6.45, 7) is 4.59. The molecular weight excluding hydrogens is 290 g/mol. The first-order valence-corrected chi connectivity index (χ1v) is 8.24. The minimum atomic E-state index is -3.54. The zero-order valence-electron chi connectivity index (χ0n) is 11.9. The topological polar surface area (TPSA) is 84.2 Å². The SMILES string of the molecule is Cc1noc(C)c1CNS(=O)(=O)c1ccc2c(c1)CCN2. The molecule has 2 N–H and O–H groups in total. The number of aryl methyl sites for hydroxylation is 2. The summed E-state index contributed by atoms with van der Waals surface area (Å²) in [5.74, 6) is 0.633. The van der Waals surface area contributed by atoms with Gasteiger partial charge in [0.25, 0.3) is 0 Å². The quantitative estimate of drug-likeness (QED) is 0.899. The molecule has 0 radical (unpaired) electrons. The van der Waals surface area contributed by atoms with Crippen LogP contribution in [0.4, 0.5) is 5.69 Å². The molecule has 112 valence electrons. The minimum Gasteiger partial charge on any atom is -0.384 e. The van der Waals surface area contributed by atoms with Gasteiger partial charge in [0.15, 0.2) is 0 Å². The molecule has 1 aliphatic rings. The van der Waals surface area contributed by atoms with E-state index in [1.165, 1.54) is 0 Å². The molecule has 0 unspecified atom stereocenters. The molecule has 0 aliphatic carbocycles. The molecule has 0 amide bonds. The number of rotatable bonds is 4. The highest BCUT2D eigenvalue weighted by Crippen LogP contribution is 2.25. The first-order chi connectivity index (χ1) is 9.97. The van der Waals surface area contributed by atoms with E-state index < -0.39 is 10.0 Å². The van der Waals surface area contributed by atoms with Gasteiger partial charge in [-0.2, -0.15) is 0 Å². The molecule has 0 fully saturated rings. The monoisotopic (exact) mass is 307 g/mol. The van der Waals surface area contributed by atoms with Crippen LogP contribution >= 0.6 is 0 Å². The summed E-state index contributed by atoms with van der Waals surface area (Å²) < 4.78 is 32.4. The van der Waals surface area contributed by atoms with Crippen LogP contribution < -0.4 is 10.0 Å². The predicted octanol–water partition coefficient (Wildman–Crippen LogP) is 1.74. The van der Waals surface area contributed by atoms with Crippen molar-refractivity contribution in [1.29, 1.82) is 0 Å². The van der Waals surface area contributed by atoms with E-state index in [0.29, 0.717) is 11.5 Å². The second-order valence-corrected chi connectivity index (χ2v) is 6.89. The van der Waals surface area contributed by atoms with Gasteiger partial charge in [0.2, 0.25) is 10.0 Å². The maximum absolute atomic E-state index is 12.4. The normalized spacial score (nSPS) is 14.0. The molecule has 0 saturated carbocycles. The summed E-state index contributed by atoms with van der Waals surface area (Å²) >= 11 is 0. The first-order valence-electron chi connectivity index (χ1n) is 6.75. The van der Waals surface area contributed by atoms with Crippen molar-refractivity contribution in [3.63, 3.8) is 0 Å². The van der Waals surface area contributed by atoms with E-state index >= 15 is 0 Å². The van der Waals surface area contributed by atoms with E-state index in [1.807, 2.05) is 6.07 Å². The molecule has 2 aromatic rings. The van der Waals surface area contributed by atoms with Gasteiger partial charge in [-0.15, -0.1) is 0 Å². The molecule has 1 aromatic heterocycles. The van der Waals surface area contributed by atoms with E-state index in [4.69, 9.17) is 4.52 Å². The van der Waals surface area contributed by atoms with Crippen LogP contribution in [0, 0.1) is 13.8 Å². The van der Waals surface area contributed by atoms with Gasteiger partial charge < -0.3 is 9.84 Å². The Morgan fingerprint density at radius 3 is 2.90 bits per heavy atom. The molecule has 0 saturated heterocycles. The van der Waals surface area contributed by atoms with E-state index in [1.54, 1.807) is 26.0 Å². The van der Waals surface area contributed by atoms with E-state index in [0.717, 1.165) is 29.8 Å². The third-order valence-corrected chi connectivity index (χ3v) is 5.12. The minimum absolute atomic E-state index is 0.179. The van der Waals surface area contributed by atoms with E-state index in [2.05, 4.69) is 15.2 Å². The maximum Gasteiger partial charge on any atom is 0.240 e. The number of hydrogen-bond acceptors (Lipinski definition) is 5. The molecule has 0 bridgehead atoms. The van der Waals surface area contributed by atoms with Crippen molar-refractivity contribution in [2.75, 3.05) is 11.9 Å². The van der Waals surface area contributed by atoms with Crippen molar-refractivity contribution in [3.05, 3.63) is 40.8 Å². The van der Waals surface area contributed by atoms with Gasteiger partial charge in [-0.25, -0.2) is 13.1 Å². The van der Waals surface area contributed by atoms with Gasteiger partial charge in [-0.3, -0.25) is 0 Å². The smallest absolute Gasteiger partial charge is 0.240 e. The molecule has 0 spiro atoms. The third kappa shape index (κ3) is 2.66. The Labute approximate surface area is 123 Å². The summed E-state index contributed by atoms with van der Waals surface area (Å²) in [4.78, 5) is 0.289. The maximum atomic E-state index is 12.4. The van der Waals surface area contributed by atoms with Crippen molar-refractivity contribution >= 4 is 15.7 Å². The number of nitrogens with zero attached hydrogens (tertiary/aromatic N) is 1. The van der Waals surface area contributed by atoms with Crippen LogP contribution in [0.15, 0.2) is 27.6 Å². The lowest BCUT2D eigenvalue weighted by atomic mass is 10.2. The number of anilines is 1. The lowest BCUT2D eigenvalue weighted by molar-refractivity contribution is 0.392. The van der Waals surface area contributed by atoms with Crippen molar-refractivity contribution in [2.24, 2.45) is 0 Å². The van der Waals surface area contributed by atoms with Gasteiger partial charge >= 0.3 is 0 Å². The Hall–Kier alpha value is -1.86. The van der Waals surface area contributed by atoms with Crippen LogP contribution in [-0.4, -0.2) is 20.1 Å². The Kier molecular flexibility index (Phi) is 3.46. The highest BCUT2D eigenvalue weighted by molar-refractivity contribution is 7.89.